The molecule has 2 aromatic rings. The number of aromatic nitrogens is 2. The minimum Gasteiger partial charge on any atom is -0.365 e. The minimum absolute atomic E-state index is 0.150. The Hall–Kier alpha value is -2.63. The number of carbonyl (C=O) groups excluding carboxylic acids is 1. The molecule has 0 unspecified atom stereocenters. The van der Waals surface area contributed by atoms with E-state index in [-0.39, 0.29) is 5.91 Å². The molecule has 0 atom stereocenters. The molecule has 3 heterocycles. The van der Waals surface area contributed by atoms with Gasteiger partial charge in [0, 0.05) is 39.1 Å². The van der Waals surface area contributed by atoms with Crippen molar-refractivity contribution in [2.75, 3.05) is 30.4 Å². The molecule has 1 amide bonds. The van der Waals surface area contributed by atoms with Gasteiger partial charge in [-0.05, 0) is 42.5 Å². The van der Waals surface area contributed by atoms with E-state index in [9.17, 15) is 4.79 Å². The molecule has 0 spiro atoms. The van der Waals surface area contributed by atoms with E-state index < -0.39 is 0 Å². The summed E-state index contributed by atoms with van der Waals surface area (Å²) in [4.78, 5) is 23.1. The Morgan fingerprint density at radius 1 is 1.24 bits per heavy atom. The summed E-state index contributed by atoms with van der Waals surface area (Å²) in [5, 5.41) is 5.85. The number of hydrogen-bond acceptors (Lipinski definition) is 5. The molecule has 2 aromatic heterocycles. The zero-order valence-electron chi connectivity index (χ0n) is 14.8. The molecule has 6 heteroatoms. The van der Waals surface area contributed by atoms with Gasteiger partial charge in [0.25, 0.3) is 5.91 Å². The van der Waals surface area contributed by atoms with Crippen molar-refractivity contribution in [2.45, 2.75) is 26.3 Å². The fourth-order valence-electron chi connectivity index (χ4n) is 3.00. The zero-order valence-corrected chi connectivity index (χ0v) is 14.8. The second-order valence-electron chi connectivity index (χ2n) is 6.53. The number of anilines is 2. The van der Waals surface area contributed by atoms with Crippen LogP contribution in [0.15, 0.2) is 36.7 Å². The molecule has 0 aliphatic carbocycles. The summed E-state index contributed by atoms with van der Waals surface area (Å²) >= 11 is 0. The molecule has 1 saturated heterocycles. The summed E-state index contributed by atoms with van der Waals surface area (Å²) < 4.78 is 0. The van der Waals surface area contributed by atoms with Crippen molar-refractivity contribution in [1.29, 1.82) is 0 Å². The lowest BCUT2D eigenvalue weighted by Crippen LogP contribution is -2.33. The fourth-order valence-corrected chi connectivity index (χ4v) is 3.00. The largest absolute Gasteiger partial charge is 0.365 e. The lowest BCUT2D eigenvalue weighted by molar-refractivity contribution is 0.0963. The molecule has 3 rings (SSSR count). The Kier molecular flexibility index (Phi) is 5.48. The summed E-state index contributed by atoms with van der Waals surface area (Å²) in [6.07, 6.45) is 6.02. The molecule has 25 heavy (non-hydrogen) atoms. The first kappa shape index (κ1) is 17.2. The second kappa shape index (κ2) is 7.96. The van der Waals surface area contributed by atoms with E-state index in [4.69, 9.17) is 0 Å². The van der Waals surface area contributed by atoms with Gasteiger partial charge >= 0.3 is 0 Å². The van der Waals surface area contributed by atoms with E-state index in [1.54, 1.807) is 25.4 Å². The quantitative estimate of drug-likeness (QED) is 0.876. The first-order chi connectivity index (χ1) is 12.2. The van der Waals surface area contributed by atoms with Gasteiger partial charge in [-0.15, -0.1) is 0 Å². The molecule has 1 fully saturated rings. The van der Waals surface area contributed by atoms with Gasteiger partial charge in [0.1, 0.15) is 11.6 Å². The smallest absolute Gasteiger partial charge is 0.254 e. The Balaban J connectivity index is 1.62. The Morgan fingerprint density at radius 2 is 2.04 bits per heavy atom. The van der Waals surface area contributed by atoms with Crippen LogP contribution in [0.25, 0.3) is 0 Å². The third-order valence-corrected chi connectivity index (χ3v) is 4.66. The van der Waals surface area contributed by atoms with Gasteiger partial charge in [-0.2, -0.15) is 0 Å². The van der Waals surface area contributed by atoms with Crippen molar-refractivity contribution in [3.8, 4) is 0 Å². The monoisotopic (exact) mass is 339 g/mol. The Bertz CT molecular complexity index is 708. The first-order valence-electron chi connectivity index (χ1n) is 8.78. The number of carbonyl (C=O) groups is 1. The van der Waals surface area contributed by atoms with Crippen LogP contribution in [-0.4, -0.2) is 36.0 Å². The molecule has 0 aromatic carbocycles. The number of pyridine rings is 2. The van der Waals surface area contributed by atoms with Crippen LogP contribution < -0.4 is 15.5 Å². The molecule has 1 aliphatic heterocycles. The van der Waals surface area contributed by atoms with Crippen LogP contribution >= 0.6 is 0 Å². The molecule has 6 nitrogen and oxygen atoms in total. The normalized spacial score (nSPS) is 15.0. The molecule has 0 saturated carbocycles. The van der Waals surface area contributed by atoms with Gasteiger partial charge < -0.3 is 15.5 Å². The van der Waals surface area contributed by atoms with Gasteiger partial charge in [-0.1, -0.05) is 13.0 Å². The number of amides is 1. The molecule has 0 bridgehead atoms. The topological polar surface area (TPSA) is 70.2 Å². The highest BCUT2D eigenvalue weighted by Gasteiger charge is 2.16. The maximum Gasteiger partial charge on any atom is 0.254 e. The highest BCUT2D eigenvalue weighted by Crippen LogP contribution is 2.21. The van der Waals surface area contributed by atoms with Gasteiger partial charge in [-0.3, -0.25) is 4.79 Å². The van der Waals surface area contributed by atoms with Crippen molar-refractivity contribution in [3.63, 3.8) is 0 Å². The van der Waals surface area contributed by atoms with Crippen molar-refractivity contribution in [3.05, 3.63) is 47.8 Å². The van der Waals surface area contributed by atoms with E-state index in [1.807, 2.05) is 6.20 Å². The van der Waals surface area contributed by atoms with Crippen LogP contribution in [0.2, 0.25) is 0 Å². The van der Waals surface area contributed by atoms with E-state index in [0.29, 0.717) is 17.9 Å². The predicted octanol–water partition coefficient (Wildman–Crippen LogP) is 2.68. The second-order valence-corrected chi connectivity index (χ2v) is 6.53. The number of rotatable bonds is 5. The zero-order chi connectivity index (χ0) is 17.6. The van der Waals surface area contributed by atoms with Crippen LogP contribution in [0.4, 0.5) is 11.6 Å². The molecular weight excluding hydrogens is 314 g/mol. The van der Waals surface area contributed by atoms with Crippen molar-refractivity contribution >= 4 is 17.5 Å². The third-order valence-electron chi connectivity index (χ3n) is 4.66. The molecule has 0 radical (unpaired) electrons. The van der Waals surface area contributed by atoms with Crippen LogP contribution in [0.1, 0.15) is 35.7 Å². The van der Waals surface area contributed by atoms with Crippen molar-refractivity contribution in [1.82, 2.24) is 15.3 Å². The van der Waals surface area contributed by atoms with E-state index in [2.05, 4.69) is 44.6 Å². The van der Waals surface area contributed by atoms with Crippen LogP contribution in [0, 0.1) is 5.92 Å². The molecule has 132 valence electrons. The number of piperidine rings is 1. The van der Waals surface area contributed by atoms with Crippen molar-refractivity contribution < 1.29 is 4.79 Å². The SMILES string of the molecule is CNC(=O)c1cccnc1NCc1ccc(N2CCC(C)CC2)nc1. The first-order valence-corrected chi connectivity index (χ1v) is 8.78. The third kappa shape index (κ3) is 4.26. The van der Waals surface area contributed by atoms with Gasteiger partial charge in [0.2, 0.25) is 0 Å². The number of nitrogens with one attached hydrogen (secondary N) is 2. The Labute approximate surface area is 148 Å². The highest BCUT2D eigenvalue weighted by molar-refractivity contribution is 5.98. The average Bonchev–Trinajstić information content (AvgIpc) is 2.67. The Morgan fingerprint density at radius 3 is 2.72 bits per heavy atom. The van der Waals surface area contributed by atoms with Crippen molar-refractivity contribution in [2.24, 2.45) is 5.92 Å². The van der Waals surface area contributed by atoms with Gasteiger partial charge in [-0.25, -0.2) is 9.97 Å². The lowest BCUT2D eigenvalue weighted by Gasteiger charge is -2.31. The summed E-state index contributed by atoms with van der Waals surface area (Å²) in [6, 6.07) is 7.67. The predicted molar refractivity (Wildman–Crippen MR) is 99.8 cm³/mol. The van der Waals surface area contributed by atoms with E-state index >= 15 is 0 Å². The van der Waals surface area contributed by atoms with Crippen LogP contribution in [0.3, 0.4) is 0 Å². The standard InChI is InChI=1S/C19H25N5O/c1-14-7-10-24(11-8-14)17-6-5-15(12-22-17)13-23-18-16(19(25)20-2)4-3-9-21-18/h3-6,9,12,14H,7-8,10-11,13H2,1-2H3,(H,20,25)(H,21,23). The van der Waals surface area contributed by atoms with Gasteiger partial charge in [0.15, 0.2) is 0 Å². The number of hydrogen-bond donors (Lipinski definition) is 2. The van der Waals surface area contributed by atoms with Crippen LogP contribution in [0.5, 0.6) is 0 Å². The maximum atomic E-state index is 11.9. The molecular formula is C19H25N5O. The molecule has 2 N–H and O–H groups in total. The average molecular weight is 339 g/mol. The molecule has 1 aliphatic rings. The van der Waals surface area contributed by atoms with Gasteiger partial charge in [0.05, 0.1) is 5.56 Å². The highest BCUT2D eigenvalue weighted by atomic mass is 16.1. The van der Waals surface area contributed by atoms with E-state index in [0.717, 1.165) is 30.4 Å². The minimum atomic E-state index is -0.150. The summed E-state index contributed by atoms with van der Waals surface area (Å²) in [5.74, 6) is 2.28. The maximum absolute atomic E-state index is 11.9. The summed E-state index contributed by atoms with van der Waals surface area (Å²) in [5.41, 5.74) is 1.60. The number of nitrogens with zero attached hydrogens (tertiary/aromatic N) is 3. The fraction of sp³-hybridized carbons (Fsp3) is 0.421. The van der Waals surface area contributed by atoms with E-state index in [1.165, 1.54) is 12.8 Å². The lowest BCUT2D eigenvalue weighted by atomic mass is 9.99. The van der Waals surface area contributed by atoms with Crippen LogP contribution in [-0.2, 0) is 6.54 Å². The summed E-state index contributed by atoms with van der Waals surface area (Å²) in [6.45, 7) is 5.04. The summed E-state index contributed by atoms with van der Waals surface area (Å²) in [7, 11) is 1.61.